The number of carbonyl (C=O) groups is 4. The molecule has 10 heteroatoms. The van der Waals surface area contributed by atoms with Crippen LogP contribution < -0.4 is 0 Å². The van der Waals surface area contributed by atoms with Crippen LogP contribution >= 0.6 is 11.6 Å². The second-order valence-electron chi connectivity index (χ2n) is 20.6. The first-order valence-electron chi connectivity index (χ1n) is 21.0. The van der Waals surface area contributed by atoms with E-state index in [1.54, 1.807) is 26.0 Å². The molecule has 310 valence electrons. The van der Waals surface area contributed by atoms with Crippen LogP contribution in [0.1, 0.15) is 132 Å². The number of rotatable bonds is 11. The van der Waals surface area contributed by atoms with Gasteiger partial charge in [0.1, 0.15) is 12.7 Å². The molecule has 6 rings (SSSR count). The van der Waals surface area contributed by atoms with Crippen molar-refractivity contribution >= 4 is 35.2 Å². The fourth-order valence-electron chi connectivity index (χ4n) is 13.5. The minimum atomic E-state index is -1.19. The van der Waals surface area contributed by atoms with Gasteiger partial charge in [0.05, 0.1) is 17.9 Å². The number of nitrogens with zero attached hydrogens (tertiary/aromatic N) is 1. The van der Waals surface area contributed by atoms with Gasteiger partial charge in [-0.25, -0.2) is 0 Å². The van der Waals surface area contributed by atoms with Crippen molar-refractivity contribution in [3.05, 3.63) is 46.0 Å². The molecular formula is C46H66ClNO8. The lowest BCUT2D eigenvalue weighted by Gasteiger charge is -2.72. The minimum absolute atomic E-state index is 0.00295. The number of benzene rings is 1. The summed E-state index contributed by atoms with van der Waals surface area (Å²) < 4.78 is 6.16. The van der Waals surface area contributed by atoms with Crippen molar-refractivity contribution in [3.63, 3.8) is 0 Å². The largest absolute Gasteiger partial charge is 0.481 e. The Balaban J connectivity index is 1.29. The summed E-state index contributed by atoms with van der Waals surface area (Å²) in [7, 11) is 0. The fraction of sp³-hybridized carbons (Fsp3) is 0.739. The number of hydrogen-bond donors (Lipinski definition) is 3. The summed E-state index contributed by atoms with van der Waals surface area (Å²) in [6, 6.07) is 7.21. The lowest BCUT2D eigenvalue weighted by molar-refractivity contribution is -0.235. The van der Waals surface area contributed by atoms with Gasteiger partial charge in [-0.1, -0.05) is 77.8 Å². The van der Waals surface area contributed by atoms with Crippen molar-refractivity contribution < 1.29 is 39.2 Å². The summed E-state index contributed by atoms with van der Waals surface area (Å²) >= 11 is 6.13. The number of aliphatic carboxylic acids is 1. The van der Waals surface area contributed by atoms with Crippen molar-refractivity contribution in [2.75, 3.05) is 13.2 Å². The van der Waals surface area contributed by atoms with Crippen molar-refractivity contribution in [2.45, 2.75) is 145 Å². The molecule has 9 nitrogen and oxygen atoms in total. The van der Waals surface area contributed by atoms with Gasteiger partial charge in [-0.3, -0.25) is 19.2 Å². The highest BCUT2D eigenvalue weighted by Gasteiger charge is 2.71. The average Bonchev–Trinajstić information content (AvgIpc) is 3.43. The minimum Gasteiger partial charge on any atom is -0.481 e. The van der Waals surface area contributed by atoms with E-state index in [2.05, 4.69) is 48.5 Å². The van der Waals surface area contributed by atoms with Crippen molar-refractivity contribution in [2.24, 2.45) is 56.2 Å². The number of carboxylic acid groups (broad SMARTS) is 1. The maximum absolute atomic E-state index is 14.2. The Kier molecular flexibility index (Phi) is 11.3. The number of Topliss-reactive ketones (excluding diaryl/α,β-unsaturated/α-hetero) is 1. The van der Waals surface area contributed by atoms with E-state index in [0.29, 0.717) is 23.3 Å². The van der Waals surface area contributed by atoms with Crippen molar-refractivity contribution in [3.8, 4) is 0 Å². The number of carboxylic acids is 1. The monoisotopic (exact) mass is 795 g/mol. The molecule has 0 heterocycles. The number of fused-ring (bicyclic) bond motifs is 7. The van der Waals surface area contributed by atoms with Gasteiger partial charge < -0.3 is 25.0 Å². The molecule has 3 N–H and O–H groups in total. The lowest BCUT2D eigenvalue weighted by atomic mass is 9.33. The van der Waals surface area contributed by atoms with Gasteiger partial charge in [-0.2, -0.15) is 0 Å². The zero-order valence-corrected chi connectivity index (χ0v) is 35.9. The first-order valence-corrected chi connectivity index (χ1v) is 21.4. The van der Waals surface area contributed by atoms with Crippen LogP contribution in [-0.2, 0) is 30.5 Å². The van der Waals surface area contributed by atoms with E-state index in [1.807, 2.05) is 12.1 Å². The van der Waals surface area contributed by atoms with E-state index in [-0.39, 0.29) is 71.3 Å². The zero-order valence-electron chi connectivity index (χ0n) is 35.2. The molecular weight excluding hydrogens is 730 g/mol. The molecule has 4 fully saturated rings. The summed E-state index contributed by atoms with van der Waals surface area (Å²) in [5.41, 5.74) is 0.393. The third-order valence-corrected chi connectivity index (χ3v) is 16.9. The number of allylic oxidation sites excluding steroid dienone is 1. The number of esters is 1. The molecule has 0 bridgehead atoms. The first kappa shape index (κ1) is 42.8. The Morgan fingerprint density at radius 1 is 0.929 bits per heavy atom. The van der Waals surface area contributed by atoms with Crippen LogP contribution in [-0.4, -0.2) is 69.2 Å². The molecule has 5 aliphatic carbocycles. The maximum Gasteiger partial charge on any atom is 0.309 e. The van der Waals surface area contributed by atoms with Gasteiger partial charge in [-0.05, 0) is 128 Å². The molecule has 5 aliphatic rings. The fourth-order valence-corrected chi connectivity index (χ4v) is 13.6. The summed E-state index contributed by atoms with van der Waals surface area (Å²) in [5, 5.41) is 32.6. The standard InChI is InChI=1S/C46H66ClNO8/c1-27(2)38-31(50)22-46(34(51)25-48(36(52)26-49)24-28-10-12-29(47)13-11-28)21-20-44(8)30(39(38)46)14-15-33-43(7)18-17-35(56-37(53)23-41(3,4)40(54)55)42(5,6)32(43)16-19-45(33,44)9/h10-13,27,30,32-35,49,51H,14-26H2,1-9H3,(H,54,55)/t30-,32-,33-,34+,35+,43+,44-,45-,46+/m1/s1. The van der Waals surface area contributed by atoms with E-state index in [9.17, 15) is 34.5 Å². The molecule has 0 aromatic heterocycles. The number of halogens is 1. The molecule has 4 saturated carbocycles. The quantitative estimate of drug-likeness (QED) is 0.190. The van der Waals surface area contributed by atoms with E-state index in [4.69, 9.17) is 16.3 Å². The van der Waals surface area contributed by atoms with Gasteiger partial charge in [-0.15, -0.1) is 0 Å². The molecule has 0 spiro atoms. The highest BCUT2D eigenvalue weighted by Crippen LogP contribution is 2.77. The number of hydrogen-bond acceptors (Lipinski definition) is 7. The average molecular weight is 796 g/mol. The first-order chi connectivity index (χ1) is 26.0. The van der Waals surface area contributed by atoms with Crippen LogP contribution in [0, 0.1) is 56.2 Å². The third kappa shape index (κ3) is 6.77. The van der Waals surface area contributed by atoms with Crippen LogP contribution in [0.2, 0.25) is 5.02 Å². The number of amides is 1. The number of aliphatic hydroxyl groups excluding tert-OH is 2. The van der Waals surface area contributed by atoms with E-state index >= 15 is 0 Å². The highest BCUT2D eigenvalue weighted by molar-refractivity contribution is 6.30. The Morgan fingerprint density at radius 2 is 1.59 bits per heavy atom. The second-order valence-corrected chi connectivity index (χ2v) is 21.1. The van der Waals surface area contributed by atoms with E-state index < -0.39 is 41.4 Å². The van der Waals surface area contributed by atoms with Crippen LogP contribution in [0.5, 0.6) is 0 Å². The SMILES string of the molecule is CC(C)C1=C2[C@H]3CC[C@@H]4[C@@]5(C)CC[C@H](OC(=O)CC(C)(C)C(=O)O)C(C)(C)[C@H]5CC[C@@]4(C)[C@]3(C)CC[C@@]2([C@@H](O)CN(Cc2ccc(Cl)cc2)C(=O)CO)CC1=O. The smallest absolute Gasteiger partial charge is 0.309 e. The second kappa shape index (κ2) is 14.8. The van der Waals surface area contributed by atoms with E-state index in [0.717, 1.165) is 61.7 Å². The Bertz CT molecular complexity index is 1770. The van der Waals surface area contributed by atoms with Gasteiger partial charge in [0.2, 0.25) is 5.91 Å². The number of aliphatic hydroxyl groups is 2. The predicted molar refractivity (Wildman–Crippen MR) is 215 cm³/mol. The van der Waals surface area contributed by atoms with Crippen LogP contribution in [0.4, 0.5) is 0 Å². The van der Waals surface area contributed by atoms with Gasteiger partial charge >= 0.3 is 11.9 Å². The molecule has 56 heavy (non-hydrogen) atoms. The molecule has 9 atom stereocenters. The zero-order chi connectivity index (χ0) is 41.4. The van der Waals surface area contributed by atoms with Gasteiger partial charge in [0.15, 0.2) is 5.78 Å². The van der Waals surface area contributed by atoms with Crippen molar-refractivity contribution in [1.29, 1.82) is 0 Å². The third-order valence-electron chi connectivity index (χ3n) is 16.7. The maximum atomic E-state index is 14.2. The number of carbonyl (C=O) groups excluding carboxylic acids is 3. The van der Waals surface area contributed by atoms with E-state index in [1.165, 1.54) is 4.90 Å². The lowest BCUT2D eigenvalue weighted by Crippen LogP contribution is -2.66. The summed E-state index contributed by atoms with van der Waals surface area (Å²) in [6.07, 6.45) is 5.88. The van der Waals surface area contributed by atoms with Gasteiger partial charge in [0, 0.05) is 35.4 Å². The summed E-state index contributed by atoms with van der Waals surface area (Å²) in [5.74, 6) is -0.993. The van der Waals surface area contributed by atoms with Crippen LogP contribution in [0.15, 0.2) is 35.4 Å². The topological polar surface area (TPSA) is 141 Å². The van der Waals surface area contributed by atoms with Gasteiger partial charge in [0.25, 0.3) is 0 Å². The number of ether oxygens (including phenoxy) is 1. The Hall–Kier alpha value is -2.75. The predicted octanol–water partition coefficient (Wildman–Crippen LogP) is 8.42. The molecule has 0 radical (unpaired) electrons. The molecule has 0 unspecified atom stereocenters. The highest BCUT2D eigenvalue weighted by atomic mass is 35.5. The Labute approximate surface area is 339 Å². The number of ketones is 1. The normalized spacial score (nSPS) is 35.6. The molecule has 1 aromatic carbocycles. The van der Waals surface area contributed by atoms with Crippen molar-refractivity contribution in [1.82, 2.24) is 4.90 Å². The molecule has 0 saturated heterocycles. The van der Waals surface area contributed by atoms with Crippen LogP contribution in [0.3, 0.4) is 0 Å². The molecule has 0 aliphatic heterocycles. The summed E-state index contributed by atoms with van der Waals surface area (Å²) in [6.45, 7) is 18.8. The molecule has 1 amide bonds. The van der Waals surface area contributed by atoms with Crippen LogP contribution in [0.25, 0.3) is 0 Å². The molecule has 1 aromatic rings. The summed E-state index contributed by atoms with van der Waals surface area (Å²) in [4.78, 5) is 53.8. The Morgan fingerprint density at radius 3 is 2.20 bits per heavy atom.